The molecule has 1 atom stereocenters. The number of nitrogens with zero attached hydrogens (tertiary/aromatic N) is 2. The highest BCUT2D eigenvalue weighted by molar-refractivity contribution is 5.54. The van der Waals surface area contributed by atoms with Crippen LogP contribution in [0.4, 0.5) is 10.1 Å². The second kappa shape index (κ2) is 6.01. The molecule has 106 valence electrons. The standard InChI is InChI=1S/C16H19FN2O/c1-11-5-4-6-14(18-11)10-19(3)16-8-7-13(17)9-15(16)12(2)20/h4-9,12,20H,10H2,1-3H3/t12-/m0/s1. The quantitative estimate of drug-likeness (QED) is 0.930. The molecule has 1 heterocycles. The van der Waals surface area contributed by atoms with Gasteiger partial charge in [0, 0.05) is 24.0 Å². The molecule has 3 nitrogen and oxygen atoms in total. The molecule has 2 aromatic rings. The zero-order valence-electron chi connectivity index (χ0n) is 12.0. The van der Waals surface area contributed by atoms with Gasteiger partial charge in [0.25, 0.3) is 0 Å². The van der Waals surface area contributed by atoms with Crippen LogP contribution in [-0.4, -0.2) is 17.1 Å². The van der Waals surface area contributed by atoms with E-state index in [0.29, 0.717) is 12.1 Å². The van der Waals surface area contributed by atoms with Gasteiger partial charge in [-0.1, -0.05) is 6.07 Å². The number of aliphatic hydroxyl groups is 1. The van der Waals surface area contributed by atoms with Gasteiger partial charge in [-0.3, -0.25) is 4.98 Å². The number of halogens is 1. The van der Waals surface area contributed by atoms with Crippen molar-refractivity contribution in [3.8, 4) is 0 Å². The molecule has 20 heavy (non-hydrogen) atoms. The summed E-state index contributed by atoms with van der Waals surface area (Å²) >= 11 is 0. The first-order valence-corrected chi connectivity index (χ1v) is 6.58. The fourth-order valence-electron chi connectivity index (χ4n) is 2.22. The van der Waals surface area contributed by atoms with Crippen LogP contribution in [0, 0.1) is 12.7 Å². The molecule has 2 rings (SSSR count). The van der Waals surface area contributed by atoms with E-state index in [9.17, 15) is 9.50 Å². The maximum absolute atomic E-state index is 13.3. The number of hydrogen-bond acceptors (Lipinski definition) is 3. The molecule has 0 saturated heterocycles. The first-order chi connectivity index (χ1) is 9.47. The zero-order chi connectivity index (χ0) is 14.7. The Kier molecular flexibility index (Phi) is 4.35. The number of rotatable bonds is 4. The smallest absolute Gasteiger partial charge is 0.123 e. The van der Waals surface area contributed by atoms with Crippen molar-refractivity contribution in [1.29, 1.82) is 0 Å². The van der Waals surface area contributed by atoms with Crippen molar-refractivity contribution in [3.63, 3.8) is 0 Å². The third-order valence-corrected chi connectivity index (χ3v) is 3.20. The van der Waals surface area contributed by atoms with Crippen LogP contribution in [0.5, 0.6) is 0 Å². The SMILES string of the molecule is Cc1cccc(CN(C)c2ccc(F)cc2[C@H](C)O)n1. The van der Waals surface area contributed by atoms with E-state index in [1.165, 1.54) is 12.1 Å². The average molecular weight is 274 g/mol. The second-order valence-electron chi connectivity index (χ2n) is 5.01. The number of benzene rings is 1. The Hall–Kier alpha value is -1.94. The monoisotopic (exact) mass is 274 g/mol. The lowest BCUT2D eigenvalue weighted by atomic mass is 10.1. The summed E-state index contributed by atoms with van der Waals surface area (Å²) in [7, 11) is 1.91. The van der Waals surface area contributed by atoms with Gasteiger partial charge in [-0.15, -0.1) is 0 Å². The Morgan fingerprint density at radius 1 is 1.30 bits per heavy atom. The molecular weight excluding hydrogens is 255 g/mol. The third-order valence-electron chi connectivity index (χ3n) is 3.20. The lowest BCUT2D eigenvalue weighted by Gasteiger charge is -2.23. The summed E-state index contributed by atoms with van der Waals surface area (Å²) in [6.07, 6.45) is -0.714. The molecule has 0 spiro atoms. The molecule has 0 unspecified atom stereocenters. The molecule has 0 radical (unpaired) electrons. The number of pyridine rings is 1. The zero-order valence-corrected chi connectivity index (χ0v) is 12.0. The molecular formula is C16H19FN2O. The van der Waals surface area contributed by atoms with Gasteiger partial charge >= 0.3 is 0 Å². The van der Waals surface area contributed by atoms with E-state index in [0.717, 1.165) is 17.1 Å². The number of hydrogen-bond donors (Lipinski definition) is 1. The molecule has 0 aliphatic heterocycles. The van der Waals surface area contributed by atoms with Crippen LogP contribution in [-0.2, 0) is 6.54 Å². The molecule has 4 heteroatoms. The van der Waals surface area contributed by atoms with Gasteiger partial charge < -0.3 is 10.0 Å². The number of aryl methyl sites for hydroxylation is 1. The predicted octanol–water partition coefficient (Wildman–Crippen LogP) is 3.22. The van der Waals surface area contributed by atoms with Crippen LogP contribution in [0.2, 0.25) is 0 Å². The molecule has 1 N–H and O–H groups in total. The highest BCUT2D eigenvalue weighted by Crippen LogP contribution is 2.27. The van der Waals surface area contributed by atoms with E-state index >= 15 is 0 Å². The number of aromatic nitrogens is 1. The summed E-state index contributed by atoms with van der Waals surface area (Å²) in [5.41, 5.74) is 3.30. The summed E-state index contributed by atoms with van der Waals surface area (Å²) in [5.74, 6) is -0.341. The lowest BCUT2D eigenvalue weighted by Crippen LogP contribution is -2.19. The van der Waals surface area contributed by atoms with Crippen LogP contribution in [0.1, 0.15) is 30.0 Å². The number of anilines is 1. The fourth-order valence-corrected chi connectivity index (χ4v) is 2.22. The first kappa shape index (κ1) is 14.5. The van der Waals surface area contributed by atoms with E-state index in [-0.39, 0.29) is 5.82 Å². The molecule has 1 aromatic heterocycles. The van der Waals surface area contributed by atoms with Crippen LogP contribution in [0.3, 0.4) is 0 Å². The van der Waals surface area contributed by atoms with Crippen LogP contribution >= 0.6 is 0 Å². The minimum atomic E-state index is -0.714. The predicted molar refractivity (Wildman–Crippen MR) is 78.1 cm³/mol. The minimum absolute atomic E-state index is 0.341. The first-order valence-electron chi connectivity index (χ1n) is 6.58. The maximum Gasteiger partial charge on any atom is 0.123 e. The summed E-state index contributed by atoms with van der Waals surface area (Å²) < 4.78 is 13.3. The van der Waals surface area contributed by atoms with E-state index in [1.54, 1.807) is 13.0 Å². The van der Waals surface area contributed by atoms with Gasteiger partial charge in [-0.25, -0.2) is 4.39 Å². The largest absolute Gasteiger partial charge is 0.389 e. The Balaban J connectivity index is 2.27. The van der Waals surface area contributed by atoms with E-state index in [4.69, 9.17) is 0 Å². The third kappa shape index (κ3) is 3.33. The summed E-state index contributed by atoms with van der Waals surface area (Å²) in [4.78, 5) is 6.41. The van der Waals surface area contributed by atoms with Gasteiger partial charge in [0.2, 0.25) is 0 Å². The molecule has 0 fully saturated rings. The molecule has 0 amide bonds. The van der Waals surface area contributed by atoms with E-state index < -0.39 is 6.10 Å². The lowest BCUT2D eigenvalue weighted by molar-refractivity contribution is 0.199. The van der Waals surface area contributed by atoms with Crippen LogP contribution in [0.25, 0.3) is 0 Å². The normalized spacial score (nSPS) is 12.2. The van der Waals surface area contributed by atoms with E-state index in [1.807, 2.05) is 37.1 Å². The van der Waals surface area contributed by atoms with Crippen molar-refractivity contribution in [3.05, 3.63) is 59.2 Å². The van der Waals surface area contributed by atoms with Gasteiger partial charge in [-0.05, 0) is 44.2 Å². The van der Waals surface area contributed by atoms with Gasteiger partial charge in [0.1, 0.15) is 5.82 Å². The van der Waals surface area contributed by atoms with Crippen molar-refractivity contribution >= 4 is 5.69 Å². The van der Waals surface area contributed by atoms with Gasteiger partial charge in [-0.2, -0.15) is 0 Å². The van der Waals surface area contributed by atoms with Crippen molar-refractivity contribution in [2.24, 2.45) is 0 Å². The van der Waals surface area contributed by atoms with Crippen molar-refractivity contribution < 1.29 is 9.50 Å². The van der Waals surface area contributed by atoms with Crippen molar-refractivity contribution in [2.75, 3.05) is 11.9 Å². The van der Waals surface area contributed by atoms with Crippen LogP contribution < -0.4 is 4.90 Å². The molecule has 0 bridgehead atoms. The highest BCUT2D eigenvalue weighted by Gasteiger charge is 2.13. The summed E-state index contributed by atoms with van der Waals surface area (Å²) in [6.45, 7) is 4.19. The van der Waals surface area contributed by atoms with Crippen molar-refractivity contribution in [2.45, 2.75) is 26.5 Å². The summed E-state index contributed by atoms with van der Waals surface area (Å²) in [6, 6.07) is 10.3. The molecule has 0 saturated carbocycles. The second-order valence-corrected chi connectivity index (χ2v) is 5.01. The minimum Gasteiger partial charge on any atom is -0.389 e. The van der Waals surface area contributed by atoms with Gasteiger partial charge in [0.15, 0.2) is 0 Å². The molecule has 1 aromatic carbocycles. The Labute approximate surface area is 118 Å². The van der Waals surface area contributed by atoms with Crippen molar-refractivity contribution in [1.82, 2.24) is 4.98 Å². The average Bonchev–Trinajstić information content (AvgIpc) is 2.38. The number of aliphatic hydroxyl groups excluding tert-OH is 1. The maximum atomic E-state index is 13.3. The fraction of sp³-hybridized carbons (Fsp3) is 0.312. The Bertz CT molecular complexity index is 599. The Morgan fingerprint density at radius 2 is 2.05 bits per heavy atom. The van der Waals surface area contributed by atoms with Crippen LogP contribution in [0.15, 0.2) is 36.4 Å². The summed E-state index contributed by atoms with van der Waals surface area (Å²) in [5, 5.41) is 9.78. The van der Waals surface area contributed by atoms with E-state index in [2.05, 4.69) is 4.98 Å². The Morgan fingerprint density at radius 3 is 2.70 bits per heavy atom. The topological polar surface area (TPSA) is 36.4 Å². The van der Waals surface area contributed by atoms with Gasteiger partial charge in [0.05, 0.1) is 18.3 Å². The molecule has 0 aliphatic rings. The molecule has 0 aliphatic carbocycles. The highest BCUT2D eigenvalue weighted by atomic mass is 19.1.